The Morgan fingerprint density at radius 3 is 2.00 bits per heavy atom. The van der Waals surface area contributed by atoms with Gasteiger partial charge in [0.15, 0.2) is 0 Å². The molecule has 7 heteroatoms. The first-order chi connectivity index (χ1) is 11.4. The highest BCUT2D eigenvalue weighted by molar-refractivity contribution is 5.76. The second-order valence-electron chi connectivity index (χ2n) is 8.12. The molecule has 1 fully saturated rings. The maximum Gasteiger partial charge on any atom is 0.410 e. The van der Waals surface area contributed by atoms with Gasteiger partial charge in [0.1, 0.15) is 5.60 Å². The summed E-state index contributed by atoms with van der Waals surface area (Å²) in [6, 6.07) is 0. The highest BCUT2D eigenvalue weighted by Gasteiger charge is 2.37. The molecule has 0 heterocycles. The molecule has 1 saturated carbocycles. The van der Waals surface area contributed by atoms with E-state index in [9.17, 15) is 14.4 Å². The fourth-order valence-electron chi connectivity index (χ4n) is 2.71. The topological polar surface area (TPSA) is 90.9 Å². The number of carbonyl (C=O) groups excluding carboxylic acids is 3. The van der Waals surface area contributed by atoms with Gasteiger partial charge in [-0.2, -0.15) is 0 Å². The van der Waals surface area contributed by atoms with E-state index < -0.39 is 28.9 Å². The predicted octanol–water partition coefficient (Wildman–Crippen LogP) is 3.30. The van der Waals surface area contributed by atoms with Crippen molar-refractivity contribution in [3.05, 3.63) is 0 Å². The number of esters is 2. The summed E-state index contributed by atoms with van der Waals surface area (Å²) in [4.78, 5) is 35.4. The number of alkyl carbamates (subject to hydrolysis) is 1. The Hall–Kier alpha value is -1.79. The zero-order chi connectivity index (χ0) is 19.3. The summed E-state index contributed by atoms with van der Waals surface area (Å²) in [5.74, 6) is -2.22. The predicted molar refractivity (Wildman–Crippen MR) is 91.7 cm³/mol. The van der Waals surface area contributed by atoms with Crippen molar-refractivity contribution >= 4 is 18.0 Å². The lowest BCUT2D eigenvalue weighted by atomic mass is 9.84. The third-order valence-electron chi connectivity index (χ3n) is 3.97. The molecular weight excluding hydrogens is 326 g/mol. The van der Waals surface area contributed by atoms with E-state index in [2.05, 4.69) is 5.32 Å². The molecule has 1 aliphatic carbocycles. The lowest BCUT2D eigenvalue weighted by Crippen LogP contribution is -2.49. The standard InChI is InChI=1S/C18H31NO6/c1-13(20)23-18(10-8-7-9-11-18)12-19-15(22)25-17(5,6)24-14(21)16(2,3)4/h7-12H2,1-6H3,(H,19,22). The van der Waals surface area contributed by atoms with Gasteiger partial charge in [0.25, 0.3) is 5.79 Å². The van der Waals surface area contributed by atoms with Gasteiger partial charge in [-0.1, -0.05) is 6.42 Å². The Labute approximate surface area is 149 Å². The van der Waals surface area contributed by atoms with Crippen molar-refractivity contribution in [1.82, 2.24) is 5.32 Å². The van der Waals surface area contributed by atoms with Gasteiger partial charge in [0.05, 0.1) is 12.0 Å². The van der Waals surface area contributed by atoms with E-state index in [-0.39, 0.29) is 12.5 Å². The van der Waals surface area contributed by atoms with Gasteiger partial charge in [-0.3, -0.25) is 9.59 Å². The number of carbonyl (C=O) groups is 3. The summed E-state index contributed by atoms with van der Waals surface area (Å²) >= 11 is 0. The Balaban J connectivity index is 2.59. The lowest BCUT2D eigenvalue weighted by molar-refractivity contribution is -0.203. The number of amides is 1. The number of nitrogens with one attached hydrogen (secondary N) is 1. The summed E-state index contributed by atoms with van der Waals surface area (Å²) in [5, 5.41) is 2.64. The Bertz CT molecular complexity index is 500. The van der Waals surface area contributed by atoms with Crippen LogP contribution < -0.4 is 5.32 Å². The molecular formula is C18H31NO6. The van der Waals surface area contributed by atoms with Crippen LogP contribution in [0.2, 0.25) is 0 Å². The van der Waals surface area contributed by atoms with Crippen LogP contribution in [0, 0.1) is 5.41 Å². The lowest BCUT2D eigenvalue weighted by Gasteiger charge is -2.36. The quantitative estimate of drug-likeness (QED) is 0.600. The van der Waals surface area contributed by atoms with E-state index in [1.807, 2.05) is 0 Å². The second kappa shape index (κ2) is 8.06. The normalized spacial score (nSPS) is 17.4. The molecule has 0 aliphatic heterocycles. The van der Waals surface area contributed by atoms with Crippen molar-refractivity contribution in [2.75, 3.05) is 6.54 Å². The molecule has 7 nitrogen and oxygen atoms in total. The minimum Gasteiger partial charge on any atom is -0.457 e. The summed E-state index contributed by atoms with van der Waals surface area (Å²) in [5.41, 5.74) is -1.38. The average molecular weight is 357 g/mol. The molecule has 0 aromatic heterocycles. The van der Waals surface area contributed by atoms with Gasteiger partial charge in [0, 0.05) is 20.8 Å². The van der Waals surface area contributed by atoms with Crippen LogP contribution in [0.15, 0.2) is 0 Å². The van der Waals surface area contributed by atoms with Crippen molar-refractivity contribution in [2.24, 2.45) is 5.41 Å². The summed E-state index contributed by atoms with van der Waals surface area (Å²) < 4.78 is 15.9. The first-order valence-corrected chi connectivity index (χ1v) is 8.75. The molecule has 1 amide bonds. The number of hydrogen-bond donors (Lipinski definition) is 1. The minimum absolute atomic E-state index is 0.175. The van der Waals surface area contributed by atoms with Gasteiger partial charge < -0.3 is 19.5 Å². The van der Waals surface area contributed by atoms with Crippen LogP contribution in [0.3, 0.4) is 0 Å². The molecule has 0 aromatic rings. The van der Waals surface area contributed by atoms with E-state index in [0.717, 1.165) is 19.3 Å². The Morgan fingerprint density at radius 1 is 0.960 bits per heavy atom. The minimum atomic E-state index is -1.39. The first kappa shape index (κ1) is 21.3. The van der Waals surface area contributed by atoms with Crippen molar-refractivity contribution in [1.29, 1.82) is 0 Å². The maximum absolute atomic E-state index is 12.1. The largest absolute Gasteiger partial charge is 0.457 e. The van der Waals surface area contributed by atoms with Crippen molar-refractivity contribution < 1.29 is 28.6 Å². The third-order valence-corrected chi connectivity index (χ3v) is 3.97. The molecule has 25 heavy (non-hydrogen) atoms. The van der Waals surface area contributed by atoms with Crippen LogP contribution in [0.5, 0.6) is 0 Å². The van der Waals surface area contributed by atoms with E-state index in [1.165, 1.54) is 20.8 Å². The van der Waals surface area contributed by atoms with E-state index in [0.29, 0.717) is 12.8 Å². The summed E-state index contributed by atoms with van der Waals surface area (Å²) in [6.07, 6.45) is 3.66. The zero-order valence-electron chi connectivity index (χ0n) is 16.2. The van der Waals surface area contributed by atoms with Gasteiger partial charge >= 0.3 is 18.0 Å². The summed E-state index contributed by atoms with van der Waals surface area (Å²) in [7, 11) is 0. The molecule has 144 valence electrons. The molecule has 0 aromatic carbocycles. The van der Waals surface area contributed by atoms with Crippen LogP contribution in [0.1, 0.15) is 73.6 Å². The van der Waals surface area contributed by atoms with Crippen molar-refractivity contribution in [3.63, 3.8) is 0 Å². The second-order valence-corrected chi connectivity index (χ2v) is 8.12. The Kier molecular flexibility index (Phi) is 6.85. The van der Waals surface area contributed by atoms with Crippen molar-refractivity contribution in [3.8, 4) is 0 Å². The average Bonchev–Trinajstić information content (AvgIpc) is 2.43. The van der Waals surface area contributed by atoms with E-state index >= 15 is 0 Å². The van der Waals surface area contributed by atoms with Gasteiger partial charge in [-0.25, -0.2) is 4.79 Å². The molecule has 1 rings (SSSR count). The number of rotatable bonds is 5. The molecule has 0 atom stereocenters. The Morgan fingerprint density at radius 2 is 1.52 bits per heavy atom. The fraction of sp³-hybridized carbons (Fsp3) is 0.833. The maximum atomic E-state index is 12.1. The van der Waals surface area contributed by atoms with Crippen LogP contribution in [0.25, 0.3) is 0 Å². The molecule has 0 saturated heterocycles. The molecule has 1 N–H and O–H groups in total. The molecule has 0 bridgehead atoms. The molecule has 0 spiro atoms. The van der Waals surface area contributed by atoms with Crippen LogP contribution in [-0.4, -0.2) is 36.0 Å². The van der Waals surface area contributed by atoms with Crippen LogP contribution in [-0.2, 0) is 23.8 Å². The third kappa shape index (κ3) is 7.32. The van der Waals surface area contributed by atoms with E-state index in [4.69, 9.17) is 14.2 Å². The van der Waals surface area contributed by atoms with Gasteiger partial charge in [0.2, 0.25) is 0 Å². The van der Waals surface area contributed by atoms with Crippen LogP contribution in [0.4, 0.5) is 4.79 Å². The van der Waals surface area contributed by atoms with Gasteiger partial charge in [-0.05, 0) is 46.5 Å². The smallest absolute Gasteiger partial charge is 0.410 e. The van der Waals surface area contributed by atoms with Gasteiger partial charge in [-0.15, -0.1) is 0 Å². The summed E-state index contributed by atoms with van der Waals surface area (Å²) in [6.45, 7) is 9.70. The number of ether oxygens (including phenoxy) is 3. The van der Waals surface area contributed by atoms with E-state index in [1.54, 1.807) is 20.8 Å². The van der Waals surface area contributed by atoms with Crippen LogP contribution >= 0.6 is 0 Å². The molecule has 1 aliphatic rings. The fourth-order valence-corrected chi connectivity index (χ4v) is 2.71. The highest BCUT2D eigenvalue weighted by atomic mass is 16.7. The number of hydrogen-bond acceptors (Lipinski definition) is 6. The first-order valence-electron chi connectivity index (χ1n) is 8.75. The monoisotopic (exact) mass is 357 g/mol. The highest BCUT2D eigenvalue weighted by Crippen LogP contribution is 2.31. The van der Waals surface area contributed by atoms with Crippen molar-refractivity contribution in [2.45, 2.75) is 85.0 Å². The SMILES string of the molecule is CC(=O)OC1(CNC(=O)OC(C)(C)OC(=O)C(C)(C)C)CCCCC1. The zero-order valence-corrected chi connectivity index (χ0v) is 16.2. The molecule has 0 radical (unpaired) electrons. The molecule has 0 unspecified atom stereocenters.